The molecule has 1 N–H and O–H groups in total. The van der Waals surface area contributed by atoms with Crippen LogP contribution in [0.2, 0.25) is 0 Å². The Morgan fingerprint density at radius 2 is 2.05 bits per heavy atom. The van der Waals surface area contributed by atoms with Gasteiger partial charge in [-0.15, -0.1) is 10.2 Å². The van der Waals surface area contributed by atoms with Crippen molar-refractivity contribution in [1.29, 1.82) is 0 Å². The van der Waals surface area contributed by atoms with Crippen molar-refractivity contribution in [1.82, 2.24) is 14.8 Å². The number of para-hydroxylation sites is 1. The SMILES string of the molecule is CCn1c(C)nnc1SCC(=O)Nc1ccccc1C. The molecule has 0 saturated heterocycles. The Morgan fingerprint density at radius 1 is 1.30 bits per heavy atom. The first-order chi connectivity index (χ1) is 9.61. The number of benzene rings is 1. The molecule has 0 saturated carbocycles. The van der Waals surface area contributed by atoms with E-state index in [1.165, 1.54) is 11.8 Å². The highest BCUT2D eigenvalue weighted by Crippen LogP contribution is 2.18. The van der Waals surface area contributed by atoms with Crippen molar-refractivity contribution in [2.75, 3.05) is 11.1 Å². The molecule has 1 heterocycles. The first kappa shape index (κ1) is 14.6. The molecule has 0 aliphatic carbocycles. The van der Waals surface area contributed by atoms with E-state index in [4.69, 9.17) is 0 Å². The molecule has 0 aliphatic heterocycles. The molecule has 6 heteroatoms. The van der Waals surface area contributed by atoms with Gasteiger partial charge in [0.2, 0.25) is 5.91 Å². The minimum Gasteiger partial charge on any atom is -0.325 e. The van der Waals surface area contributed by atoms with Crippen LogP contribution in [0, 0.1) is 13.8 Å². The Kier molecular flexibility index (Phi) is 4.79. The Balaban J connectivity index is 1.94. The first-order valence-corrected chi connectivity index (χ1v) is 7.48. The Hall–Kier alpha value is -1.82. The van der Waals surface area contributed by atoms with E-state index in [1.807, 2.05) is 49.6 Å². The zero-order valence-electron chi connectivity index (χ0n) is 11.9. The molecule has 1 aromatic carbocycles. The zero-order valence-corrected chi connectivity index (χ0v) is 12.7. The van der Waals surface area contributed by atoms with Crippen molar-refractivity contribution >= 4 is 23.4 Å². The molecule has 0 atom stereocenters. The van der Waals surface area contributed by atoms with Crippen LogP contribution in [0.25, 0.3) is 0 Å². The highest BCUT2D eigenvalue weighted by molar-refractivity contribution is 7.99. The Morgan fingerprint density at radius 3 is 2.75 bits per heavy atom. The van der Waals surface area contributed by atoms with Gasteiger partial charge in [-0.05, 0) is 32.4 Å². The number of amides is 1. The third-order valence-electron chi connectivity index (χ3n) is 2.97. The van der Waals surface area contributed by atoms with Gasteiger partial charge < -0.3 is 9.88 Å². The first-order valence-electron chi connectivity index (χ1n) is 6.50. The van der Waals surface area contributed by atoms with E-state index in [0.29, 0.717) is 5.75 Å². The minimum atomic E-state index is -0.0346. The molecule has 2 rings (SSSR count). The summed E-state index contributed by atoms with van der Waals surface area (Å²) in [6.07, 6.45) is 0. The van der Waals surface area contributed by atoms with Crippen molar-refractivity contribution in [3.8, 4) is 0 Å². The molecular weight excluding hydrogens is 272 g/mol. The average Bonchev–Trinajstić information content (AvgIpc) is 2.79. The number of aromatic nitrogens is 3. The third-order valence-corrected chi connectivity index (χ3v) is 3.94. The fourth-order valence-electron chi connectivity index (χ4n) is 1.86. The number of aryl methyl sites for hydroxylation is 2. The molecule has 0 fully saturated rings. The molecule has 106 valence electrons. The molecule has 5 nitrogen and oxygen atoms in total. The van der Waals surface area contributed by atoms with Gasteiger partial charge >= 0.3 is 0 Å². The molecule has 0 unspecified atom stereocenters. The highest BCUT2D eigenvalue weighted by Gasteiger charge is 2.11. The summed E-state index contributed by atoms with van der Waals surface area (Å²) in [4.78, 5) is 12.0. The number of rotatable bonds is 5. The van der Waals surface area contributed by atoms with Gasteiger partial charge in [0.05, 0.1) is 5.75 Å². The normalized spacial score (nSPS) is 10.6. The lowest BCUT2D eigenvalue weighted by atomic mass is 10.2. The van der Waals surface area contributed by atoms with Crippen LogP contribution in [-0.4, -0.2) is 26.4 Å². The van der Waals surface area contributed by atoms with Gasteiger partial charge in [-0.2, -0.15) is 0 Å². The van der Waals surface area contributed by atoms with E-state index in [1.54, 1.807) is 0 Å². The van der Waals surface area contributed by atoms with E-state index >= 15 is 0 Å². The zero-order chi connectivity index (χ0) is 14.5. The number of carbonyl (C=O) groups is 1. The Bertz CT molecular complexity index is 609. The monoisotopic (exact) mass is 290 g/mol. The molecule has 0 radical (unpaired) electrons. The van der Waals surface area contributed by atoms with Crippen molar-refractivity contribution in [3.63, 3.8) is 0 Å². The van der Waals surface area contributed by atoms with E-state index in [9.17, 15) is 4.79 Å². The van der Waals surface area contributed by atoms with Gasteiger partial charge in [-0.25, -0.2) is 0 Å². The van der Waals surface area contributed by atoms with Crippen LogP contribution in [0.4, 0.5) is 5.69 Å². The number of thioether (sulfide) groups is 1. The van der Waals surface area contributed by atoms with Crippen LogP contribution in [0.15, 0.2) is 29.4 Å². The molecule has 0 spiro atoms. The van der Waals surface area contributed by atoms with Crippen LogP contribution in [0.3, 0.4) is 0 Å². The third kappa shape index (κ3) is 3.39. The van der Waals surface area contributed by atoms with Gasteiger partial charge in [-0.1, -0.05) is 30.0 Å². The molecule has 0 bridgehead atoms. The number of hydrogen-bond acceptors (Lipinski definition) is 4. The van der Waals surface area contributed by atoms with Crippen LogP contribution in [0.1, 0.15) is 18.3 Å². The van der Waals surface area contributed by atoms with Crippen molar-refractivity contribution in [2.45, 2.75) is 32.5 Å². The topological polar surface area (TPSA) is 59.8 Å². The average molecular weight is 290 g/mol. The predicted molar refractivity (Wildman–Crippen MR) is 81.0 cm³/mol. The number of anilines is 1. The minimum absolute atomic E-state index is 0.0346. The summed E-state index contributed by atoms with van der Waals surface area (Å²) in [5.41, 5.74) is 1.91. The quantitative estimate of drug-likeness (QED) is 0.860. The summed E-state index contributed by atoms with van der Waals surface area (Å²) in [6.45, 7) is 6.72. The summed E-state index contributed by atoms with van der Waals surface area (Å²) in [5, 5.41) is 11.8. The molecule has 20 heavy (non-hydrogen) atoms. The fraction of sp³-hybridized carbons (Fsp3) is 0.357. The maximum atomic E-state index is 12.0. The van der Waals surface area contributed by atoms with Crippen LogP contribution < -0.4 is 5.32 Å². The van der Waals surface area contributed by atoms with Gasteiger partial charge in [0.15, 0.2) is 5.16 Å². The van der Waals surface area contributed by atoms with Gasteiger partial charge in [0.1, 0.15) is 5.82 Å². The van der Waals surface area contributed by atoms with E-state index in [0.717, 1.165) is 28.8 Å². The number of nitrogens with one attached hydrogen (secondary N) is 1. The lowest BCUT2D eigenvalue weighted by Gasteiger charge is -2.08. The Labute approximate surface area is 122 Å². The summed E-state index contributed by atoms with van der Waals surface area (Å²) < 4.78 is 1.99. The summed E-state index contributed by atoms with van der Waals surface area (Å²) in [5.74, 6) is 1.16. The summed E-state index contributed by atoms with van der Waals surface area (Å²) >= 11 is 1.40. The number of carbonyl (C=O) groups excluding carboxylic acids is 1. The largest absolute Gasteiger partial charge is 0.325 e. The lowest BCUT2D eigenvalue weighted by Crippen LogP contribution is -2.15. The van der Waals surface area contributed by atoms with Crippen LogP contribution in [0.5, 0.6) is 0 Å². The van der Waals surface area contributed by atoms with E-state index in [-0.39, 0.29) is 5.91 Å². The van der Waals surface area contributed by atoms with Gasteiger partial charge in [0.25, 0.3) is 0 Å². The smallest absolute Gasteiger partial charge is 0.234 e. The second-order valence-corrected chi connectivity index (χ2v) is 5.37. The predicted octanol–water partition coefficient (Wildman–Crippen LogP) is 2.65. The van der Waals surface area contributed by atoms with Crippen LogP contribution >= 0.6 is 11.8 Å². The maximum absolute atomic E-state index is 12.0. The molecule has 1 amide bonds. The van der Waals surface area contributed by atoms with Gasteiger partial charge in [-0.3, -0.25) is 4.79 Å². The molecule has 0 aliphatic rings. The second kappa shape index (κ2) is 6.56. The number of nitrogens with zero attached hydrogens (tertiary/aromatic N) is 3. The summed E-state index contributed by atoms with van der Waals surface area (Å²) in [6, 6.07) is 7.73. The second-order valence-electron chi connectivity index (χ2n) is 4.43. The van der Waals surface area contributed by atoms with E-state index < -0.39 is 0 Å². The van der Waals surface area contributed by atoms with Crippen molar-refractivity contribution < 1.29 is 4.79 Å². The summed E-state index contributed by atoms with van der Waals surface area (Å²) in [7, 11) is 0. The standard InChI is InChI=1S/C14H18N4OS/c1-4-18-11(3)16-17-14(18)20-9-13(19)15-12-8-6-5-7-10(12)2/h5-8H,4,9H2,1-3H3,(H,15,19). The molecule has 1 aromatic heterocycles. The molecule has 2 aromatic rings. The lowest BCUT2D eigenvalue weighted by molar-refractivity contribution is -0.113. The van der Waals surface area contributed by atoms with Crippen molar-refractivity contribution in [2.24, 2.45) is 0 Å². The van der Waals surface area contributed by atoms with E-state index in [2.05, 4.69) is 15.5 Å². The molecular formula is C14H18N4OS. The van der Waals surface area contributed by atoms with Gasteiger partial charge in [0, 0.05) is 12.2 Å². The number of hydrogen-bond donors (Lipinski definition) is 1. The van der Waals surface area contributed by atoms with Crippen molar-refractivity contribution in [3.05, 3.63) is 35.7 Å². The highest BCUT2D eigenvalue weighted by atomic mass is 32.2. The maximum Gasteiger partial charge on any atom is 0.234 e. The van der Waals surface area contributed by atoms with Crippen LogP contribution in [-0.2, 0) is 11.3 Å². The fourth-order valence-corrected chi connectivity index (χ4v) is 2.71.